The molecule has 1 aromatic carbocycles. The van der Waals surface area contributed by atoms with Crippen molar-refractivity contribution in [3.8, 4) is 5.75 Å². The molecule has 0 saturated heterocycles. The Balaban J connectivity index is 1.85. The Kier molecular flexibility index (Phi) is 4.03. The van der Waals surface area contributed by atoms with Crippen LogP contribution in [0.25, 0.3) is 21.1 Å². The largest absolute Gasteiger partial charge is 0.497 e. The summed E-state index contributed by atoms with van der Waals surface area (Å²) in [5, 5.41) is 5.16. The van der Waals surface area contributed by atoms with Crippen LogP contribution in [-0.4, -0.2) is 26.0 Å². The molecule has 0 fully saturated rings. The zero-order valence-corrected chi connectivity index (χ0v) is 15.2. The van der Waals surface area contributed by atoms with Gasteiger partial charge in [0.15, 0.2) is 0 Å². The number of thiophene rings is 1. The van der Waals surface area contributed by atoms with E-state index in [1.54, 1.807) is 13.3 Å². The van der Waals surface area contributed by atoms with Crippen LogP contribution in [0.15, 0.2) is 45.5 Å². The molecule has 128 valence electrons. The van der Waals surface area contributed by atoms with Gasteiger partial charge >= 0.3 is 0 Å². The predicted octanol–water partition coefficient (Wildman–Crippen LogP) is 3.57. The third-order valence-corrected chi connectivity index (χ3v) is 5.93. The van der Waals surface area contributed by atoms with Crippen molar-refractivity contribution >= 4 is 44.5 Å². The number of aromatic nitrogens is 3. The maximum Gasteiger partial charge on any atom is 0.291 e. The van der Waals surface area contributed by atoms with E-state index < -0.39 is 0 Å². The second kappa shape index (κ2) is 6.21. The predicted molar refractivity (Wildman–Crippen MR) is 101 cm³/mol. The molecule has 25 heavy (non-hydrogen) atoms. The lowest BCUT2D eigenvalue weighted by Gasteiger charge is -2.07. The Morgan fingerprint density at radius 3 is 2.96 bits per heavy atom. The lowest BCUT2D eigenvalue weighted by atomic mass is 10.2. The van der Waals surface area contributed by atoms with E-state index >= 15 is 0 Å². The van der Waals surface area contributed by atoms with Crippen molar-refractivity contribution in [3.05, 3.63) is 52.4 Å². The van der Waals surface area contributed by atoms with Crippen LogP contribution in [-0.2, 0) is 13.6 Å². The van der Waals surface area contributed by atoms with Crippen molar-refractivity contribution in [2.75, 3.05) is 7.11 Å². The Morgan fingerprint density at radius 1 is 1.36 bits per heavy atom. The highest BCUT2D eigenvalue weighted by Crippen LogP contribution is 2.36. The normalized spacial score (nSPS) is 11.5. The summed E-state index contributed by atoms with van der Waals surface area (Å²) in [6, 6.07) is 9.48. The fraction of sp³-hybridized carbons (Fsp3) is 0.176. The highest BCUT2D eigenvalue weighted by Gasteiger charge is 2.17. The van der Waals surface area contributed by atoms with E-state index in [9.17, 15) is 9.35 Å². The Hall–Kier alpha value is -2.29. The molecule has 8 heteroatoms. The van der Waals surface area contributed by atoms with Gasteiger partial charge in [-0.2, -0.15) is 5.10 Å². The molecule has 0 spiro atoms. The molecule has 4 aromatic rings. The number of rotatable bonds is 4. The van der Waals surface area contributed by atoms with Gasteiger partial charge in [0.1, 0.15) is 11.3 Å². The quantitative estimate of drug-likeness (QED) is 0.554. The van der Waals surface area contributed by atoms with Gasteiger partial charge in [-0.3, -0.25) is 4.79 Å². The molecule has 0 bridgehead atoms. The van der Waals surface area contributed by atoms with E-state index in [0.29, 0.717) is 12.1 Å². The minimum Gasteiger partial charge on any atom is -0.497 e. The van der Waals surface area contributed by atoms with Gasteiger partial charge in [0.2, 0.25) is 0 Å². The van der Waals surface area contributed by atoms with Crippen molar-refractivity contribution in [2.24, 2.45) is 7.05 Å². The molecule has 4 rings (SSSR count). The first kappa shape index (κ1) is 16.2. The van der Waals surface area contributed by atoms with Gasteiger partial charge in [-0.05, 0) is 23.8 Å². The number of ether oxygens (including phenoxy) is 1. The Morgan fingerprint density at radius 2 is 2.20 bits per heavy atom. The van der Waals surface area contributed by atoms with E-state index in [-0.39, 0.29) is 5.56 Å². The van der Waals surface area contributed by atoms with Crippen LogP contribution in [0.5, 0.6) is 5.75 Å². The van der Waals surface area contributed by atoms with Gasteiger partial charge in [-0.15, -0.1) is 11.3 Å². The van der Waals surface area contributed by atoms with Crippen LogP contribution >= 0.6 is 23.4 Å². The van der Waals surface area contributed by atoms with Crippen molar-refractivity contribution in [3.63, 3.8) is 0 Å². The summed E-state index contributed by atoms with van der Waals surface area (Å²) in [7, 11) is 3.48. The molecule has 0 aliphatic rings. The van der Waals surface area contributed by atoms with Crippen molar-refractivity contribution in [1.82, 2.24) is 14.3 Å². The molecular formula is C17H15N3O3S2. The van der Waals surface area contributed by atoms with Crippen LogP contribution in [0.1, 0.15) is 5.56 Å². The summed E-state index contributed by atoms with van der Waals surface area (Å²) in [6.07, 6.45) is 1.72. The molecule has 3 aromatic heterocycles. The van der Waals surface area contributed by atoms with E-state index in [2.05, 4.69) is 5.10 Å². The molecule has 0 amide bonds. The van der Waals surface area contributed by atoms with E-state index in [0.717, 1.165) is 43.2 Å². The van der Waals surface area contributed by atoms with Gasteiger partial charge in [-0.25, -0.2) is 4.68 Å². The summed E-state index contributed by atoms with van der Waals surface area (Å²) < 4.78 is 19.6. The third-order valence-electron chi connectivity index (χ3n) is 4.21. The summed E-state index contributed by atoms with van der Waals surface area (Å²) in [4.78, 5) is 12.9. The number of hydrogen-bond acceptors (Lipinski definition) is 6. The smallest absolute Gasteiger partial charge is 0.291 e. The molecule has 0 saturated carbocycles. The topological polar surface area (TPSA) is 69.3 Å². The summed E-state index contributed by atoms with van der Waals surface area (Å²) in [5.41, 5.74) is 2.36. The molecule has 6 nitrogen and oxygen atoms in total. The standard InChI is InChI=1S/C17H15N3O3S2/c1-19-13-7-14(25-22)24-16(13)12-8-18-20(17(21)15(12)19)9-10-4-3-5-11(6-10)23-2/h3-8,22H,9H2,1-2H3. The lowest BCUT2D eigenvalue weighted by molar-refractivity contribution is 0.414. The second-order valence-corrected chi connectivity index (χ2v) is 7.58. The molecule has 0 atom stereocenters. The minimum atomic E-state index is -0.135. The number of aryl methyl sites for hydroxylation is 1. The SMILES string of the molecule is COc1cccc(Cn2ncc3c4sc(SO)cc4n(C)c3c2=O)c1. The van der Waals surface area contributed by atoms with Crippen molar-refractivity contribution in [1.29, 1.82) is 0 Å². The Bertz CT molecular complexity index is 1140. The molecule has 1 N–H and O–H groups in total. The number of methoxy groups -OCH3 is 1. The van der Waals surface area contributed by atoms with E-state index in [1.807, 2.05) is 41.9 Å². The molecule has 0 aliphatic carbocycles. The zero-order valence-electron chi connectivity index (χ0n) is 13.6. The van der Waals surface area contributed by atoms with Crippen LogP contribution < -0.4 is 10.3 Å². The molecule has 3 heterocycles. The average molecular weight is 373 g/mol. The fourth-order valence-corrected chi connectivity index (χ4v) is 4.49. The lowest BCUT2D eigenvalue weighted by Crippen LogP contribution is -2.24. The minimum absolute atomic E-state index is 0.135. The van der Waals surface area contributed by atoms with Gasteiger partial charge in [0.05, 0.1) is 34.3 Å². The number of fused-ring (bicyclic) bond motifs is 3. The zero-order chi connectivity index (χ0) is 17.6. The van der Waals surface area contributed by atoms with Crippen LogP contribution in [0, 0.1) is 0 Å². The number of hydrogen-bond donors (Lipinski definition) is 1. The van der Waals surface area contributed by atoms with Gasteiger partial charge in [0, 0.05) is 24.5 Å². The third kappa shape index (κ3) is 2.62. The van der Waals surface area contributed by atoms with Gasteiger partial charge in [-0.1, -0.05) is 12.1 Å². The van der Waals surface area contributed by atoms with E-state index in [1.165, 1.54) is 16.0 Å². The second-order valence-electron chi connectivity index (χ2n) is 5.65. The van der Waals surface area contributed by atoms with Crippen LogP contribution in [0.4, 0.5) is 0 Å². The molecule has 0 aliphatic heterocycles. The molecule has 0 unspecified atom stereocenters. The monoisotopic (exact) mass is 373 g/mol. The van der Waals surface area contributed by atoms with Crippen molar-refractivity contribution in [2.45, 2.75) is 10.8 Å². The summed E-state index contributed by atoms with van der Waals surface area (Å²) >= 11 is 2.18. The van der Waals surface area contributed by atoms with Gasteiger partial charge < -0.3 is 13.9 Å². The maximum absolute atomic E-state index is 12.9. The van der Waals surface area contributed by atoms with Gasteiger partial charge in [0.25, 0.3) is 5.56 Å². The highest BCUT2D eigenvalue weighted by molar-refractivity contribution is 7.96. The number of benzene rings is 1. The van der Waals surface area contributed by atoms with E-state index in [4.69, 9.17) is 4.74 Å². The fourth-order valence-electron chi connectivity index (χ4n) is 2.99. The maximum atomic E-state index is 12.9. The number of nitrogens with zero attached hydrogens (tertiary/aromatic N) is 3. The van der Waals surface area contributed by atoms with Crippen molar-refractivity contribution < 1.29 is 9.29 Å². The molecule has 0 radical (unpaired) electrons. The first-order valence-electron chi connectivity index (χ1n) is 7.54. The summed E-state index contributed by atoms with van der Waals surface area (Å²) in [5.74, 6) is 0.750. The first-order valence-corrected chi connectivity index (χ1v) is 9.13. The first-order chi connectivity index (χ1) is 12.1. The summed E-state index contributed by atoms with van der Waals surface area (Å²) in [6.45, 7) is 0.378. The van der Waals surface area contributed by atoms with Crippen LogP contribution in [0.2, 0.25) is 0 Å². The van der Waals surface area contributed by atoms with Crippen LogP contribution in [0.3, 0.4) is 0 Å². The molecular weight excluding hydrogens is 358 g/mol. The highest BCUT2D eigenvalue weighted by atomic mass is 32.2. The average Bonchev–Trinajstić information content (AvgIpc) is 3.17. The Labute approximate surface area is 151 Å².